The van der Waals surface area contributed by atoms with Crippen molar-refractivity contribution in [3.05, 3.63) is 10.8 Å². The number of nitrogen functional groups attached to an aromatic ring is 1. The second kappa shape index (κ2) is 5.51. The lowest BCUT2D eigenvalue weighted by atomic mass is 10.1. The van der Waals surface area contributed by atoms with Crippen molar-refractivity contribution in [2.75, 3.05) is 11.1 Å². The van der Waals surface area contributed by atoms with E-state index in [1.165, 1.54) is 6.33 Å². The number of halogens is 1. The van der Waals surface area contributed by atoms with Crippen molar-refractivity contribution in [1.29, 1.82) is 0 Å². The molecule has 1 unspecified atom stereocenters. The number of nitrogens with two attached hydrogens (primary N) is 1. The fourth-order valence-electron chi connectivity index (χ4n) is 1.23. The fourth-order valence-corrected chi connectivity index (χ4v) is 1.55. The van der Waals surface area contributed by atoms with Gasteiger partial charge in [0.15, 0.2) is 0 Å². The number of carbonyl (C=O) groups excluding carboxylic acids is 1. The zero-order chi connectivity index (χ0) is 13.9. The van der Waals surface area contributed by atoms with Crippen LogP contribution in [0.2, 0.25) is 0 Å². The van der Waals surface area contributed by atoms with E-state index in [1.54, 1.807) is 6.92 Å². The molecular weight excluding hydrogens is 298 g/mol. The molecule has 0 aliphatic rings. The Hall–Kier alpha value is -1.37. The van der Waals surface area contributed by atoms with Gasteiger partial charge in [-0.25, -0.2) is 9.97 Å². The van der Waals surface area contributed by atoms with Crippen LogP contribution in [0.4, 0.5) is 11.6 Å². The van der Waals surface area contributed by atoms with E-state index < -0.39 is 6.04 Å². The van der Waals surface area contributed by atoms with Crippen molar-refractivity contribution in [3.8, 4) is 0 Å². The maximum absolute atomic E-state index is 11.9. The fraction of sp³-hybridized carbons (Fsp3) is 0.545. The van der Waals surface area contributed by atoms with Gasteiger partial charge < -0.3 is 16.4 Å². The van der Waals surface area contributed by atoms with E-state index in [4.69, 9.17) is 5.73 Å². The zero-order valence-corrected chi connectivity index (χ0v) is 12.5. The highest BCUT2D eigenvalue weighted by molar-refractivity contribution is 9.10. The van der Waals surface area contributed by atoms with Gasteiger partial charge in [0.05, 0.1) is 0 Å². The third-order valence-corrected chi connectivity index (χ3v) is 2.84. The predicted octanol–water partition coefficient (Wildman–Crippen LogP) is 1.54. The molecule has 0 radical (unpaired) electrons. The molecule has 0 aromatic carbocycles. The number of aromatic nitrogens is 2. The molecule has 0 saturated carbocycles. The van der Waals surface area contributed by atoms with Gasteiger partial charge >= 0.3 is 0 Å². The highest BCUT2D eigenvalue weighted by Crippen LogP contribution is 2.24. The van der Waals surface area contributed by atoms with Crippen LogP contribution in [0.5, 0.6) is 0 Å². The van der Waals surface area contributed by atoms with E-state index in [0.717, 1.165) is 0 Å². The number of carbonyl (C=O) groups is 1. The molecule has 18 heavy (non-hydrogen) atoms. The molecule has 1 atom stereocenters. The zero-order valence-electron chi connectivity index (χ0n) is 10.9. The first-order valence-electron chi connectivity index (χ1n) is 5.55. The largest absolute Gasteiger partial charge is 0.383 e. The number of nitrogens with one attached hydrogen (secondary N) is 2. The highest BCUT2D eigenvalue weighted by atomic mass is 79.9. The molecule has 0 aliphatic heterocycles. The molecule has 0 bridgehead atoms. The van der Waals surface area contributed by atoms with Crippen molar-refractivity contribution in [2.45, 2.75) is 39.3 Å². The third kappa shape index (κ3) is 4.14. The van der Waals surface area contributed by atoms with E-state index in [2.05, 4.69) is 36.5 Å². The SMILES string of the molecule is CC(Nc1ncnc(N)c1Br)C(=O)NC(C)(C)C. The second-order valence-corrected chi connectivity index (χ2v) is 5.82. The van der Waals surface area contributed by atoms with Crippen molar-refractivity contribution in [1.82, 2.24) is 15.3 Å². The minimum atomic E-state index is -0.421. The van der Waals surface area contributed by atoms with Crippen molar-refractivity contribution in [2.24, 2.45) is 0 Å². The van der Waals surface area contributed by atoms with E-state index >= 15 is 0 Å². The molecule has 4 N–H and O–H groups in total. The number of hydrogen-bond donors (Lipinski definition) is 3. The summed E-state index contributed by atoms with van der Waals surface area (Å²) in [6.07, 6.45) is 1.34. The molecule has 6 nitrogen and oxygen atoms in total. The molecule has 0 spiro atoms. The quantitative estimate of drug-likeness (QED) is 0.786. The van der Waals surface area contributed by atoms with Gasteiger partial charge in [-0.1, -0.05) is 0 Å². The number of anilines is 2. The summed E-state index contributed by atoms with van der Waals surface area (Å²) in [4.78, 5) is 19.8. The highest BCUT2D eigenvalue weighted by Gasteiger charge is 2.20. The topological polar surface area (TPSA) is 92.9 Å². The van der Waals surface area contributed by atoms with Crippen LogP contribution in [0.1, 0.15) is 27.7 Å². The van der Waals surface area contributed by atoms with Gasteiger partial charge in [-0.2, -0.15) is 0 Å². The summed E-state index contributed by atoms with van der Waals surface area (Å²) in [6, 6.07) is -0.421. The summed E-state index contributed by atoms with van der Waals surface area (Å²) in [7, 11) is 0. The molecule has 0 fully saturated rings. The van der Waals surface area contributed by atoms with Crippen LogP contribution >= 0.6 is 15.9 Å². The first-order chi connectivity index (χ1) is 8.20. The molecule has 7 heteroatoms. The molecule has 1 aromatic heterocycles. The lowest BCUT2D eigenvalue weighted by molar-refractivity contribution is -0.122. The summed E-state index contributed by atoms with van der Waals surface area (Å²) in [5.41, 5.74) is 5.37. The van der Waals surface area contributed by atoms with Crippen molar-refractivity contribution >= 4 is 33.5 Å². The second-order valence-electron chi connectivity index (χ2n) is 5.03. The summed E-state index contributed by atoms with van der Waals surface area (Å²) in [5.74, 6) is 0.724. The van der Waals surface area contributed by atoms with Crippen LogP contribution in [-0.2, 0) is 4.79 Å². The maximum atomic E-state index is 11.9. The number of nitrogens with zero attached hydrogens (tertiary/aromatic N) is 2. The average Bonchev–Trinajstić information content (AvgIpc) is 2.22. The molecule has 1 heterocycles. The molecule has 1 amide bonds. The van der Waals surface area contributed by atoms with Crippen molar-refractivity contribution in [3.63, 3.8) is 0 Å². The Morgan fingerprint density at radius 3 is 2.61 bits per heavy atom. The van der Waals surface area contributed by atoms with Gasteiger partial charge in [0.25, 0.3) is 0 Å². The van der Waals surface area contributed by atoms with E-state index in [-0.39, 0.29) is 11.4 Å². The Labute approximate surface area is 115 Å². The Morgan fingerprint density at radius 2 is 2.06 bits per heavy atom. The lowest BCUT2D eigenvalue weighted by Crippen LogP contribution is -2.47. The van der Waals surface area contributed by atoms with E-state index in [9.17, 15) is 4.79 Å². The van der Waals surface area contributed by atoms with Crippen molar-refractivity contribution < 1.29 is 4.79 Å². The molecule has 0 saturated heterocycles. The molecule has 100 valence electrons. The normalized spacial score (nSPS) is 12.9. The standard InChI is InChI=1S/C11H18BrN5O/c1-6(10(18)17-11(2,3)4)16-9-7(12)8(13)14-5-15-9/h5-6H,1-4H3,(H,17,18)(H3,13,14,15,16). The first kappa shape index (κ1) is 14.7. The summed E-state index contributed by atoms with van der Waals surface area (Å²) in [5, 5.41) is 5.87. The van der Waals surface area contributed by atoms with Gasteiger partial charge in [-0.3, -0.25) is 4.79 Å². The number of rotatable bonds is 3. The van der Waals surface area contributed by atoms with Crippen LogP contribution in [-0.4, -0.2) is 27.5 Å². The van der Waals surface area contributed by atoms with Gasteiger partial charge in [0, 0.05) is 5.54 Å². The Balaban J connectivity index is 2.73. The number of hydrogen-bond acceptors (Lipinski definition) is 5. The maximum Gasteiger partial charge on any atom is 0.242 e. The summed E-state index contributed by atoms with van der Waals surface area (Å²) >= 11 is 3.27. The summed E-state index contributed by atoms with van der Waals surface area (Å²) < 4.78 is 0.556. The van der Waals surface area contributed by atoms with Crippen LogP contribution in [0, 0.1) is 0 Å². The monoisotopic (exact) mass is 315 g/mol. The average molecular weight is 316 g/mol. The van der Waals surface area contributed by atoms with E-state index in [0.29, 0.717) is 16.1 Å². The van der Waals surface area contributed by atoms with Crippen LogP contribution < -0.4 is 16.4 Å². The molecular formula is C11H18BrN5O. The first-order valence-corrected chi connectivity index (χ1v) is 6.34. The van der Waals surface area contributed by atoms with Gasteiger partial charge in [0.2, 0.25) is 5.91 Å². The number of amides is 1. The minimum absolute atomic E-state index is 0.105. The molecule has 1 aromatic rings. The van der Waals surface area contributed by atoms with Crippen LogP contribution in [0.15, 0.2) is 10.8 Å². The third-order valence-electron chi connectivity index (χ3n) is 2.06. The Morgan fingerprint density at radius 1 is 1.44 bits per heavy atom. The van der Waals surface area contributed by atoms with Crippen LogP contribution in [0.25, 0.3) is 0 Å². The van der Waals surface area contributed by atoms with Gasteiger partial charge in [-0.05, 0) is 43.6 Å². The van der Waals surface area contributed by atoms with Gasteiger partial charge in [-0.15, -0.1) is 0 Å². The molecule has 1 rings (SSSR count). The predicted molar refractivity (Wildman–Crippen MR) is 75.1 cm³/mol. The smallest absolute Gasteiger partial charge is 0.242 e. The minimum Gasteiger partial charge on any atom is -0.383 e. The lowest BCUT2D eigenvalue weighted by Gasteiger charge is -2.24. The molecule has 0 aliphatic carbocycles. The van der Waals surface area contributed by atoms with E-state index in [1.807, 2.05) is 20.8 Å². The Kier molecular flexibility index (Phi) is 4.50. The van der Waals surface area contributed by atoms with Gasteiger partial charge in [0.1, 0.15) is 28.5 Å². The Bertz CT molecular complexity index is 444. The summed E-state index contributed by atoms with van der Waals surface area (Å²) in [6.45, 7) is 7.54. The van der Waals surface area contributed by atoms with Crippen LogP contribution in [0.3, 0.4) is 0 Å².